The SMILES string of the molecule is CCCCCC(C)(C)Cn1c(C)cnc1SCC(=O)O. The number of carboxylic acid groups (broad SMARTS) is 1. The summed E-state index contributed by atoms with van der Waals surface area (Å²) in [7, 11) is 0. The number of unbranched alkanes of at least 4 members (excludes halogenated alkanes) is 2. The van der Waals surface area contributed by atoms with Gasteiger partial charge in [-0.15, -0.1) is 0 Å². The lowest BCUT2D eigenvalue weighted by molar-refractivity contribution is -0.133. The van der Waals surface area contributed by atoms with Gasteiger partial charge in [-0.2, -0.15) is 0 Å². The molecule has 0 spiro atoms. The van der Waals surface area contributed by atoms with Crippen LogP contribution in [-0.4, -0.2) is 26.4 Å². The molecular weight excluding hydrogens is 272 g/mol. The summed E-state index contributed by atoms with van der Waals surface area (Å²) in [5.41, 5.74) is 1.31. The fraction of sp³-hybridized carbons (Fsp3) is 0.733. The molecule has 1 N–H and O–H groups in total. The zero-order chi connectivity index (χ0) is 15.2. The van der Waals surface area contributed by atoms with Crippen molar-refractivity contribution in [1.29, 1.82) is 0 Å². The zero-order valence-electron chi connectivity index (χ0n) is 13.0. The van der Waals surface area contributed by atoms with Crippen molar-refractivity contribution in [2.75, 3.05) is 5.75 Å². The van der Waals surface area contributed by atoms with Gasteiger partial charge in [0.05, 0.1) is 5.75 Å². The highest BCUT2D eigenvalue weighted by Crippen LogP contribution is 2.29. The van der Waals surface area contributed by atoms with Crippen molar-refractivity contribution < 1.29 is 9.90 Å². The molecule has 4 nitrogen and oxygen atoms in total. The molecular formula is C15H26N2O2S. The molecule has 0 amide bonds. The van der Waals surface area contributed by atoms with Gasteiger partial charge in [0.2, 0.25) is 0 Å². The van der Waals surface area contributed by atoms with Crippen molar-refractivity contribution >= 4 is 17.7 Å². The number of thioether (sulfide) groups is 1. The van der Waals surface area contributed by atoms with Crippen LogP contribution in [0.1, 0.15) is 52.1 Å². The summed E-state index contributed by atoms with van der Waals surface area (Å²) < 4.78 is 2.15. The Morgan fingerprint density at radius 2 is 2.15 bits per heavy atom. The Morgan fingerprint density at radius 1 is 1.45 bits per heavy atom. The monoisotopic (exact) mass is 298 g/mol. The first kappa shape index (κ1) is 17.1. The number of hydrogen-bond acceptors (Lipinski definition) is 3. The zero-order valence-corrected chi connectivity index (χ0v) is 13.8. The van der Waals surface area contributed by atoms with Gasteiger partial charge in [0.1, 0.15) is 0 Å². The third-order valence-corrected chi connectivity index (χ3v) is 4.36. The van der Waals surface area contributed by atoms with E-state index in [1.165, 1.54) is 37.4 Å². The molecule has 0 aliphatic carbocycles. The largest absolute Gasteiger partial charge is 0.481 e. The lowest BCUT2D eigenvalue weighted by Gasteiger charge is -2.26. The topological polar surface area (TPSA) is 55.1 Å². The second kappa shape index (κ2) is 7.72. The number of aromatic nitrogens is 2. The van der Waals surface area contributed by atoms with Gasteiger partial charge in [-0.1, -0.05) is 51.8 Å². The van der Waals surface area contributed by atoms with Gasteiger partial charge >= 0.3 is 5.97 Å². The van der Waals surface area contributed by atoms with Crippen molar-refractivity contribution in [2.24, 2.45) is 5.41 Å². The Bertz CT molecular complexity index is 441. The Labute approximate surface area is 126 Å². The maximum Gasteiger partial charge on any atom is 0.313 e. The average molecular weight is 298 g/mol. The molecule has 1 aromatic heterocycles. The van der Waals surface area contributed by atoms with Gasteiger partial charge in [0.25, 0.3) is 0 Å². The third kappa shape index (κ3) is 5.57. The standard InChI is InChI=1S/C15H26N2O2S/c1-5-6-7-8-15(3,4)11-17-12(2)9-16-14(17)20-10-13(18)19/h9H,5-8,10-11H2,1-4H3,(H,18,19). The van der Waals surface area contributed by atoms with E-state index in [9.17, 15) is 4.79 Å². The summed E-state index contributed by atoms with van der Waals surface area (Å²) >= 11 is 1.30. The van der Waals surface area contributed by atoms with E-state index in [0.29, 0.717) is 0 Å². The summed E-state index contributed by atoms with van der Waals surface area (Å²) in [5, 5.41) is 9.60. The Balaban J connectivity index is 2.69. The molecule has 20 heavy (non-hydrogen) atoms. The van der Waals surface area contributed by atoms with Crippen LogP contribution in [0.15, 0.2) is 11.4 Å². The molecule has 1 rings (SSSR count). The van der Waals surface area contributed by atoms with Crippen LogP contribution in [0.5, 0.6) is 0 Å². The number of aryl methyl sites for hydroxylation is 1. The van der Waals surface area contributed by atoms with Gasteiger partial charge in [-0.25, -0.2) is 4.98 Å². The minimum absolute atomic E-state index is 0.0622. The van der Waals surface area contributed by atoms with E-state index >= 15 is 0 Å². The lowest BCUT2D eigenvalue weighted by atomic mass is 9.87. The number of imidazole rings is 1. The normalized spacial score (nSPS) is 11.8. The maximum atomic E-state index is 10.7. The fourth-order valence-electron chi connectivity index (χ4n) is 2.23. The molecule has 0 bridgehead atoms. The molecule has 1 aromatic rings. The van der Waals surface area contributed by atoms with E-state index in [4.69, 9.17) is 5.11 Å². The summed E-state index contributed by atoms with van der Waals surface area (Å²) in [4.78, 5) is 15.0. The van der Waals surface area contributed by atoms with Crippen LogP contribution in [0.3, 0.4) is 0 Å². The molecule has 0 aliphatic rings. The third-order valence-electron chi connectivity index (χ3n) is 3.39. The summed E-state index contributed by atoms with van der Waals surface area (Å²) in [6.45, 7) is 9.68. The molecule has 0 atom stereocenters. The van der Waals surface area contributed by atoms with Crippen molar-refractivity contribution in [3.63, 3.8) is 0 Å². The van der Waals surface area contributed by atoms with Gasteiger partial charge < -0.3 is 9.67 Å². The van der Waals surface area contributed by atoms with Crippen LogP contribution in [0.25, 0.3) is 0 Å². The molecule has 1 heterocycles. The van der Waals surface area contributed by atoms with E-state index in [1.807, 2.05) is 13.1 Å². The first-order valence-corrected chi connectivity index (χ1v) is 8.21. The number of rotatable bonds is 9. The first-order valence-electron chi connectivity index (χ1n) is 7.22. The van der Waals surface area contributed by atoms with E-state index < -0.39 is 5.97 Å². The number of carbonyl (C=O) groups is 1. The van der Waals surface area contributed by atoms with E-state index in [-0.39, 0.29) is 11.2 Å². The fourth-order valence-corrected chi connectivity index (χ4v) is 2.98. The second-order valence-electron chi connectivity index (χ2n) is 6.07. The van der Waals surface area contributed by atoms with E-state index in [0.717, 1.165) is 17.4 Å². The maximum absolute atomic E-state index is 10.7. The molecule has 0 fully saturated rings. The first-order chi connectivity index (χ1) is 9.35. The predicted molar refractivity (Wildman–Crippen MR) is 83.2 cm³/mol. The van der Waals surface area contributed by atoms with Crippen molar-refractivity contribution in [2.45, 2.75) is 65.1 Å². The summed E-state index contributed by atoms with van der Waals surface area (Å²) in [6.07, 6.45) is 6.76. The highest BCUT2D eigenvalue weighted by molar-refractivity contribution is 7.99. The molecule has 0 aliphatic heterocycles. The number of hydrogen-bond donors (Lipinski definition) is 1. The quantitative estimate of drug-likeness (QED) is 0.553. The molecule has 0 saturated carbocycles. The van der Waals surface area contributed by atoms with Crippen molar-refractivity contribution in [3.8, 4) is 0 Å². The Morgan fingerprint density at radius 3 is 2.75 bits per heavy atom. The van der Waals surface area contributed by atoms with E-state index in [2.05, 4.69) is 30.3 Å². The molecule has 0 saturated heterocycles. The van der Waals surface area contributed by atoms with Crippen LogP contribution >= 0.6 is 11.8 Å². The predicted octanol–water partition coefficient (Wildman–Crippen LogP) is 3.97. The van der Waals surface area contributed by atoms with Crippen LogP contribution in [0.2, 0.25) is 0 Å². The summed E-state index contributed by atoms with van der Waals surface area (Å²) in [5.74, 6) is -0.739. The minimum atomic E-state index is -0.801. The Kier molecular flexibility index (Phi) is 6.59. The van der Waals surface area contributed by atoms with Gasteiger partial charge in [-0.05, 0) is 18.8 Å². The van der Waals surface area contributed by atoms with Crippen LogP contribution < -0.4 is 0 Å². The average Bonchev–Trinajstić information content (AvgIpc) is 2.68. The highest BCUT2D eigenvalue weighted by atomic mass is 32.2. The van der Waals surface area contributed by atoms with Crippen molar-refractivity contribution in [3.05, 3.63) is 11.9 Å². The molecule has 0 radical (unpaired) electrons. The van der Waals surface area contributed by atoms with Crippen LogP contribution in [0.4, 0.5) is 0 Å². The van der Waals surface area contributed by atoms with Crippen molar-refractivity contribution in [1.82, 2.24) is 9.55 Å². The molecule has 0 aromatic carbocycles. The van der Waals surface area contributed by atoms with Crippen LogP contribution in [0, 0.1) is 12.3 Å². The number of aliphatic carboxylic acids is 1. The van der Waals surface area contributed by atoms with Gasteiger partial charge in [0.15, 0.2) is 5.16 Å². The lowest BCUT2D eigenvalue weighted by Crippen LogP contribution is -2.21. The number of nitrogens with zero attached hydrogens (tertiary/aromatic N) is 2. The van der Waals surface area contributed by atoms with E-state index in [1.54, 1.807) is 0 Å². The van der Waals surface area contributed by atoms with Crippen LogP contribution in [-0.2, 0) is 11.3 Å². The molecule has 114 valence electrons. The Hall–Kier alpha value is -0.970. The van der Waals surface area contributed by atoms with Gasteiger partial charge in [-0.3, -0.25) is 4.79 Å². The molecule has 0 unspecified atom stereocenters. The smallest absolute Gasteiger partial charge is 0.313 e. The summed E-state index contributed by atoms with van der Waals surface area (Å²) in [6, 6.07) is 0. The minimum Gasteiger partial charge on any atom is -0.481 e. The van der Waals surface area contributed by atoms with Gasteiger partial charge in [0, 0.05) is 18.4 Å². The highest BCUT2D eigenvalue weighted by Gasteiger charge is 2.21. The second-order valence-corrected chi connectivity index (χ2v) is 7.01. The number of carboxylic acids is 1. The molecule has 5 heteroatoms.